The number of thiophene rings is 1. The summed E-state index contributed by atoms with van der Waals surface area (Å²) in [7, 11) is 0. The molecule has 0 radical (unpaired) electrons. The van der Waals surface area contributed by atoms with Crippen molar-refractivity contribution in [3.05, 3.63) is 158 Å². The quantitative estimate of drug-likeness (QED) is 0.179. The van der Waals surface area contributed by atoms with Gasteiger partial charge in [0.1, 0.15) is 22.5 Å². The van der Waals surface area contributed by atoms with Crippen LogP contribution in [0.15, 0.2) is 167 Å². The summed E-state index contributed by atoms with van der Waals surface area (Å²) in [4.78, 5) is 0. The summed E-state index contributed by atoms with van der Waals surface area (Å²) in [6, 6.07) is 56.6. The van der Waals surface area contributed by atoms with Crippen molar-refractivity contribution in [2.75, 3.05) is 0 Å². The van der Waals surface area contributed by atoms with Crippen molar-refractivity contribution in [3.63, 3.8) is 0 Å². The minimum atomic E-state index is 0.822. The van der Waals surface area contributed by atoms with Crippen LogP contribution in [0.1, 0.15) is 0 Å². The summed E-state index contributed by atoms with van der Waals surface area (Å²) in [5.74, 6) is 0.856. The van der Waals surface area contributed by atoms with Gasteiger partial charge in [0.25, 0.3) is 0 Å². The maximum absolute atomic E-state index is 6.56. The van der Waals surface area contributed by atoms with Crippen LogP contribution in [0.2, 0.25) is 0 Å². The van der Waals surface area contributed by atoms with Crippen molar-refractivity contribution in [2.45, 2.75) is 0 Å². The van der Waals surface area contributed by atoms with E-state index in [1.54, 1.807) is 0 Å². The second kappa shape index (κ2) is 10.2. The maximum Gasteiger partial charge on any atom is 0.139 e. The Labute approximate surface area is 285 Å². The monoisotopic (exact) mass is 642 g/mol. The van der Waals surface area contributed by atoms with E-state index < -0.39 is 0 Å². The third kappa shape index (κ3) is 3.94. The molecule has 11 rings (SSSR count). The Morgan fingerprint density at radius 3 is 1.82 bits per heavy atom. The standard InChI is InChI=1S/C46H26O2S/c1-2-11-27(12-3-1)39-24-29-23-37-41(26-40(29)48-39)47-38-19-10-18-36(46(37)38)45-34-16-6-4-14-32(34)44(33-15-5-7-17-35(33)45)28-21-22-31-30-13-8-9-20-42(30)49-43(31)25-28/h1-26H. The van der Waals surface area contributed by atoms with E-state index in [1.165, 1.54) is 64.0 Å². The lowest BCUT2D eigenvalue weighted by Crippen LogP contribution is -1.91. The molecule has 0 aliphatic heterocycles. The van der Waals surface area contributed by atoms with E-state index in [4.69, 9.17) is 8.83 Å². The van der Waals surface area contributed by atoms with Gasteiger partial charge < -0.3 is 8.83 Å². The molecule has 0 aliphatic carbocycles. The van der Waals surface area contributed by atoms with Gasteiger partial charge in [-0.3, -0.25) is 0 Å². The van der Waals surface area contributed by atoms with Gasteiger partial charge in [0.15, 0.2) is 0 Å². The molecule has 0 unspecified atom stereocenters. The summed E-state index contributed by atoms with van der Waals surface area (Å²) in [6.45, 7) is 0. The molecular weight excluding hydrogens is 617 g/mol. The van der Waals surface area contributed by atoms with Gasteiger partial charge in [-0.05, 0) is 74.1 Å². The molecule has 0 saturated carbocycles. The summed E-state index contributed by atoms with van der Waals surface area (Å²) in [5, 5.41) is 10.8. The molecule has 8 aromatic carbocycles. The molecule has 3 heterocycles. The van der Waals surface area contributed by atoms with Crippen LogP contribution in [0.25, 0.3) is 108 Å². The van der Waals surface area contributed by atoms with Crippen LogP contribution >= 0.6 is 11.3 Å². The zero-order chi connectivity index (χ0) is 32.1. The molecule has 0 atom stereocenters. The fourth-order valence-electron chi connectivity index (χ4n) is 7.92. The minimum absolute atomic E-state index is 0.822. The number of fused-ring (bicyclic) bond motifs is 9. The number of benzene rings is 8. The van der Waals surface area contributed by atoms with Crippen molar-refractivity contribution in [2.24, 2.45) is 0 Å². The first-order chi connectivity index (χ1) is 24.3. The number of rotatable bonds is 3. The van der Waals surface area contributed by atoms with Gasteiger partial charge in [-0.25, -0.2) is 0 Å². The Kier molecular flexibility index (Phi) is 5.57. The van der Waals surface area contributed by atoms with E-state index in [1.807, 2.05) is 35.6 Å². The molecule has 0 spiro atoms. The summed E-state index contributed by atoms with van der Waals surface area (Å²) in [5.41, 5.74) is 8.48. The molecule has 0 N–H and O–H groups in total. The topological polar surface area (TPSA) is 26.3 Å². The van der Waals surface area contributed by atoms with Crippen LogP contribution in [-0.4, -0.2) is 0 Å². The van der Waals surface area contributed by atoms with Crippen molar-refractivity contribution in [3.8, 4) is 33.6 Å². The molecule has 0 amide bonds. The fraction of sp³-hybridized carbons (Fsp3) is 0. The van der Waals surface area contributed by atoms with Crippen LogP contribution in [0.3, 0.4) is 0 Å². The van der Waals surface area contributed by atoms with Gasteiger partial charge in [0, 0.05) is 48.0 Å². The molecule has 49 heavy (non-hydrogen) atoms. The Morgan fingerprint density at radius 1 is 0.367 bits per heavy atom. The molecule has 3 heteroatoms. The van der Waals surface area contributed by atoms with Crippen molar-refractivity contribution in [1.29, 1.82) is 0 Å². The van der Waals surface area contributed by atoms with Crippen LogP contribution < -0.4 is 0 Å². The highest BCUT2D eigenvalue weighted by Crippen LogP contribution is 2.48. The van der Waals surface area contributed by atoms with E-state index in [-0.39, 0.29) is 0 Å². The SMILES string of the molecule is c1ccc(-c2cc3cc4c(cc3o2)oc2cccc(-c3c5ccccc5c(-c5ccc6c(c5)sc5ccccc56)c5ccccc35)c24)cc1. The molecule has 2 nitrogen and oxygen atoms in total. The highest BCUT2D eigenvalue weighted by Gasteiger charge is 2.21. The molecule has 0 aliphatic rings. The van der Waals surface area contributed by atoms with Gasteiger partial charge >= 0.3 is 0 Å². The molecule has 0 saturated heterocycles. The first-order valence-corrected chi connectivity index (χ1v) is 17.4. The van der Waals surface area contributed by atoms with Gasteiger partial charge in [0.2, 0.25) is 0 Å². The van der Waals surface area contributed by atoms with Crippen molar-refractivity contribution >= 4 is 86.0 Å². The van der Waals surface area contributed by atoms with Gasteiger partial charge in [0.05, 0.1) is 0 Å². The van der Waals surface area contributed by atoms with E-state index in [0.29, 0.717) is 0 Å². The minimum Gasteiger partial charge on any atom is -0.456 e. The van der Waals surface area contributed by atoms with Crippen LogP contribution in [0.4, 0.5) is 0 Å². The van der Waals surface area contributed by atoms with Crippen LogP contribution in [0, 0.1) is 0 Å². The van der Waals surface area contributed by atoms with Crippen molar-refractivity contribution in [1.82, 2.24) is 0 Å². The van der Waals surface area contributed by atoms with Crippen LogP contribution in [0.5, 0.6) is 0 Å². The highest BCUT2D eigenvalue weighted by atomic mass is 32.1. The maximum atomic E-state index is 6.56. The highest BCUT2D eigenvalue weighted by molar-refractivity contribution is 7.25. The second-order valence-corrected chi connectivity index (χ2v) is 13.9. The molecule has 228 valence electrons. The Bertz CT molecular complexity index is 3050. The normalized spacial score (nSPS) is 12.1. The first kappa shape index (κ1) is 26.9. The summed E-state index contributed by atoms with van der Waals surface area (Å²) in [6.07, 6.45) is 0. The lowest BCUT2D eigenvalue weighted by atomic mass is 9.85. The summed E-state index contributed by atoms with van der Waals surface area (Å²) < 4.78 is 15.5. The molecular formula is C46H26O2S. The Balaban J connectivity index is 1.19. The fourth-order valence-corrected chi connectivity index (χ4v) is 9.07. The predicted octanol–water partition coefficient (Wildman–Crippen LogP) is 14.0. The lowest BCUT2D eigenvalue weighted by Gasteiger charge is -2.18. The van der Waals surface area contributed by atoms with E-state index >= 15 is 0 Å². The molecule has 3 aromatic heterocycles. The zero-order valence-electron chi connectivity index (χ0n) is 26.2. The number of hydrogen-bond donors (Lipinski definition) is 0. The zero-order valence-corrected chi connectivity index (χ0v) is 27.1. The van der Waals surface area contributed by atoms with E-state index in [9.17, 15) is 0 Å². The van der Waals surface area contributed by atoms with Gasteiger partial charge in [-0.2, -0.15) is 0 Å². The predicted molar refractivity (Wildman–Crippen MR) is 208 cm³/mol. The largest absolute Gasteiger partial charge is 0.456 e. The van der Waals surface area contributed by atoms with E-state index in [2.05, 4.69) is 133 Å². The third-order valence-corrected chi connectivity index (χ3v) is 11.2. The first-order valence-electron chi connectivity index (χ1n) is 16.6. The molecule has 11 aromatic rings. The second-order valence-electron chi connectivity index (χ2n) is 12.8. The van der Waals surface area contributed by atoms with Crippen LogP contribution in [-0.2, 0) is 0 Å². The number of furan rings is 2. The third-order valence-electron chi connectivity index (χ3n) is 10.1. The Hall–Kier alpha value is -6.16. The summed E-state index contributed by atoms with van der Waals surface area (Å²) >= 11 is 1.87. The van der Waals surface area contributed by atoms with E-state index in [0.717, 1.165) is 44.2 Å². The Morgan fingerprint density at radius 2 is 1.04 bits per heavy atom. The average molecular weight is 643 g/mol. The molecule has 0 fully saturated rings. The number of hydrogen-bond acceptors (Lipinski definition) is 3. The molecule has 0 bridgehead atoms. The lowest BCUT2D eigenvalue weighted by molar-refractivity contribution is 0.628. The van der Waals surface area contributed by atoms with Gasteiger partial charge in [-0.15, -0.1) is 11.3 Å². The van der Waals surface area contributed by atoms with Gasteiger partial charge in [-0.1, -0.05) is 121 Å². The smallest absolute Gasteiger partial charge is 0.139 e. The van der Waals surface area contributed by atoms with Crippen molar-refractivity contribution < 1.29 is 8.83 Å². The average Bonchev–Trinajstić information content (AvgIpc) is 3.85.